The van der Waals surface area contributed by atoms with E-state index in [-0.39, 0.29) is 5.97 Å². The molecule has 1 aliphatic heterocycles. The van der Waals surface area contributed by atoms with E-state index in [4.69, 9.17) is 9.47 Å². The maximum absolute atomic E-state index is 11.6. The van der Waals surface area contributed by atoms with E-state index in [0.29, 0.717) is 25.6 Å². The molecule has 2 rings (SSSR count). The first-order valence-corrected chi connectivity index (χ1v) is 7.39. The van der Waals surface area contributed by atoms with Gasteiger partial charge in [-0.25, -0.2) is 0 Å². The molecule has 1 aromatic rings. The summed E-state index contributed by atoms with van der Waals surface area (Å²) in [5.41, 5.74) is 0. The van der Waals surface area contributed by atoms with Gasteiger partial charge in [0.2, 0.25) is 0 Å². The molecule has 1 fully saturated rings. The second-order valence-electron chi connectivity index (χ2n) is 5.13. The van der Waals surface area contributed by atoms with Gasteiger partial charge in [0.05, 0.1) is 0 Å². The van der Waals surface area contributed by atoms with Gasteiger partial charge in [-0.2, -0.15) is 0 Å². The molecular weight excluding hydrogens is 254 g/mol. The number of piperidine rings is 1. The van der Waals surface area contributed by atoms with Crippen LogP contribution >= 0.6 is 0 Å². The lowest BCUT2D eigenvalue weighted by Gasteiger charge is -2.22. The molecular formula is C16H23NO3. The Hall–Kier alpha value is -1.55. The van der Waals surface area contributed by atoms with Crippen LogP contribution in [0.1, 0.15) is 25.7 Å². The average molecular weight is 277 g/mol. The van der Waals surface area contributed by atoms with Gasteiger partial charge >= 0.3 is 5.97 Å². The van der Waals surface area contributed by atoms with Gasteiger partial charge in [0, 0.05) is 6.42 Å². The Kier molecular flexibility index (Phi) is 6.38. The maximum atomic E-state index is 11.6. The van der Waals surface area contributed by atoms with Crippen molar-refractivity contribution in [2.45, 2.75) is 25.7 Å². The first-order valence-electron chi connectivity index (χ1n) is 7.39. The van der Waals surface area contributed by atoms with Crippen LogP contribution in [0, 0.1) is 5.92 Å². The zero-order valence-corrected chi connectivity index (χ0v) is 11.8. The fourth-order valence-electron chi connectivity index (χ4n) is 2.40. The Balaban J connectivity index is 1.51. The molecule has 1 aromatic carbocycles. The van der Waals surface area contributed by atoms with Crippen LogP contribution in [0.3, 0.4) is 0 Å². The molecule has 0 aromatic heterocycles. The number of benzene rings is 1. The van der Waals surface area contributed by atoms with E-state index >= 15 is 0 Å². The number of carbonyl (C=O) groups is 1. The Morgan fingerprint density at radius 1 is 1.25 bits per heavy atom. The Labute approximate surface area is 120 Å². The SMILES string of the molecule is O=C(CCC1CCCNC1)OCCOc1ccccc1. The second kappa shape index (κ2) is 8.59. The third kappa shape index (κ3) is 5.61. The Morgan fingerprint density at radius 2 is 2.10 bits per heavy atom. The molecule has 1 aliphatic rings. The molecule has 0 radical (unpaired) electrons. The number of ether oxygens (including phenoxy) is 2. The van der Waals surface area contributed by atoms with Crippen molar-refractivity contribution in [1.82, 2.24) is 5.32 Å². The summed E-state index contributed by atoms with van der Waals surface area (Å²) in [7, 11) is 0. The lowest BCUT2D eigenvalue weighted by molar-refractivity contribution is -0.144. The minimum absolute atomic E-state index is 0.118. The maximum Gasteiger partial charge on any atom is 0.305 e. The zero-order chi connectivity index (χ0) is 14.0. The van der Waals surface area contributed by atoms with Crippen molar-refractivity contribution in [3.05, 3.63) is 30.3 Å². The van der Waals surface area contributed by atoms with Gasteiger partial charge in [-0.3, -0.25) is 4.79 Å². The summed E-state index contributed by atoms with van der Waals surface area (Å²) in [5, 5.41) is 3.36. The van der Waals surface area contributed by atoms with Gasteiger partial charge in [-0.05, 0) is 50.4 Å². The van der Waals surface area contributed by atoms with Gasteiger partial charge in [0.15, 0.2) is 0 Å². The van der Waals surface area contributed by atoms with E-state index in [1.54, 1.807) is 0 Å². The highest BCUT2D eigenvalue weighted by Gasteiger charge is 2.14. The predicted octanol–water partition coefficient (Wildman–Crippen LogP) is 2.39. The molecule has 4 nitrogen and oxygen atoms in total. The number of hydrogen-bond donors (Lipinski definition) is 1. The number of hydrogen-bond acceptors (Lipinski definition) is 4. The molecule has 1 atom stereocenters. The topological polar surface area (TPSA) is 47.6 Å². The van der Waals surface area contributed by atoms with Crippen LogP contribution in [0.5, 0.6) is 5.75 Å². The highest BCUT2D eigenvalue weighted by molar-refractivity contribution is 5.69. The van der Waals surface area contributed by atoms with E-state index in [9.17, 15) is 4.79 Å². The summed E-state index contributed by atoms with van der Waals surface area (Å²) in [6.45, 7) is 2.86. The molecule has 0 aliphatic carbocycles. The molecule has 1 unspecified atom stereocenters. The van der Waals surface area contributed by atoms with E-state index in [1.165, 1.54) is 12.8 Å². The fourth-order valence-corrected chi connectivity index (χ4v) is 2.40. The monoisotopic (exact) mass is 277 g/mol. The van der Waals surface area contributed by atoms with Gasteiger partial charge in [-0.1, -0.05) is 18.2 Å². The summed E-state index contributed by atoms with van der Waals surface area (Å²) in [6.07, 6.45) is 3.87. The molecule has 0 amide bonds. The summed E-state index contributed by atoms with van der Waals surface area (Å²) < 4.78 is 10.6. The molecule has 1 N–H and O–H groups in total. The van der Waals surface area contributed by atoms with Crippen molar-refractivity contribution < 1.29 is 14.3 Å². The predicted molar refractivity (Wildman–Crippen MR) is 77.7 cm³/mol. The fraction of sp³-hybridized carbons (Fsp3) is 0.562. The Bertz CT molecular complexity index is 388. The van der Waals surface area contributed by atoms with Crippen LogP contribution in [0.15, 0.2) is 30.3 Å². The van der Waals surface area contributed by atoms with E-state index in [2.05, 4.69) is 5.32 Å². The van der Waals surface area contributed by atoms with E-state index in [0.717, 1.165) is 25.3 Å². The standard InChI is InChI=1S/C16H23NO3/c18-16(9-8-14-5-4-10-17-13-14)20-12-11-19-15-6-2-1-3-7-15/h1-3,6-7,14,17H,4-5,8-13H2. The van der Waals surface area contributed by atoms with Crippen molar-refractivity contribution in [3.63, 3.8) is 0 Å². The largest absolute Gasteiger partial charge is 0.490 e. The molecule has 0 saturated carbocycles. The number of carbonyl (C=O) groups excluding carboxylic acids is 1. The minimum atomic E-state index is -0.118. The van der Waals surface area contributed by atoms with Crippen LogP contribution in [-0.2, 0) is 9.53 Å². The highest BCUT2D eigenvalue weighted by Crippen LogP contribution is 2.16. The molecule has 0 spiro atoms. The zero-order valence-electron chi connectivity index (χ0n) is 11.8. The first-order chi connectivity index (χ1) is 9.84. The summed E-state index contributed by atoms with van der Waals surface area (Å²) in [4.78, 5) is 11.6. The first kappa shape index (κ1) is 14.9. The van der Waals surface area contributed by atoms with Gasteiger partial charge in [0.1, 0.15) is 19.0 Å². The normalized spacial score (nSPS) is 18.5. The average Bonchev–Trinajstić information content (AvgIpc) is 2.52. The highest BCUT2D eigenvalue weighted by atomic mass is 16.6. The van der Waals surface area contributed by atoms with Gasteiger partial charge in [-0.15, -0.1) is 0 Å². The van der Waals surface area contributed by atoms with Crippen molar-refractivity contribution in [2.24, 2.45) is 5.92 Å². The number of rotatable bonds is 7. The summed E-state index contributed by atoms with van der Waals surface area (Å²) >= 11 is 0. The molecule has 1 saturated heterocycles. The Morgan fingerprint density at radius 3 is 2.85 bits per heavy atom. The number of esters is 1. The van der Waals surface area contributed by atoms with Crippen LogP contribution in [0.2, 0.25) is 0 Å². The van der Waals surface area contributed by atoms with Crippen molar-refractivity contribution in [3.8, 4) is 5.75 Å². The minimum Gasteiger partial charge on any atom is -0.490 e. The van der Waals surface area contributed by atoms with Crippen molar-refractivity contribution in [2.75, 3.05) is 26.3 Å². The summed E-state index contributed by atoms with van der Waals surface area (Å²) in [5.74, 6) is 1.31. The van der Waals surface area contributed by atoms with E-state index < -0.39 is 0 Å². The molecule has 4 heteroatoms. The van der Waals surface area contributed by atoms with Crippen LogP contribution < -0.4 is 10.1 Å². The molecule has 0 bridgehead atoms. The molecule has 110 valence electrons. The van der Waals surface area contributed by atoms with Crippen LogP contribution in [0.25, 0.3) is 0 Å². The molecule has 20 heavy (non-hydrogen) atoms. The van der Waals surface area contributed by atoms with Gasteiger partial charge < -0.3 is 14.8 Å². The lowest BCUT2D eigenvalue weighted by atomic mass is 9.95. The number of nitrogens with one attached hydrogen (secondary N) is 1. The van der Waals surface area contributed by atoms with Crippen molar-refractivity contribution in [1.29, 1.82) is 0 Å². The van der Waals surface area contributed by atoms with Crippen LogP contribution in [0.4, 0.5) is 0 Å². The third-order valence-electron chi connectivity index (χ3n) is 3.51. The molecule has 1 heterocycles. The third-order valence-corrected chi connectivity index (χ3v) is 3.51. The quantitative estimate of drug-likeness (QED) is 0.614. The number of para-hydroxylation sites is 1. The van der Waals surface area contributed by atoms with E-state index in [1.807, 2.05) is 30.3 Å². The second-order valence-corrected chi connectivity index (χ2v) is 5.13. The van der Waals surface area contributed by atoms with Crippen molar-refractivity contribution >= 4 is 5.97 Å². The lowest BCUT2D eigenvalue weighted by Crippen LogP contribution is -2.30. The van der Waals surface area contributed by atoms with Crippen LogP contribution in [-0.4, -0.2) is 32.3 Å². The van der Waals surface area contributed by atoms with Gasteiger partial charge in [0.25, 0.3) is 0 Å². The summed E-state index contributed by atoms with van der Waals surface area (Å²) in [6, 6.07) is 9.54. The smallest absolute Gasteiger partial charge is 0.305 e.